The first-order chi connectivity index (χ1) is 5.33. The Hall–Kier alpha value is -1.25. The molecule has 0 unspecified atom stereocenters. The van der Waals surface area contributed by atoms with E-state index < -0.39 is 5.82 Å². The molecule has 0 N–H and O–H groups in total. The Labute approximate surface area is 64.8 Å². The zero-order chi connectivity index (χ0) is 8.10. The average molecular weight is 152 g/mol. The van der Waals surface area contributed by atoms with Crippen LogP contribution < -0.4 is 0 Å². The van der Waals surface area contributed by atoms with E-state index in [-0.39, 0.29) is 0 Å². The van der Waals surface area contributed by atoms with E-state index in [4.69, 9.17) is 0 Å². The van der Waals surface area contributed by atoms with E-state index in [0.29, 0.717) is 5.82 Å². The Morgan fingerprint density at radius 2 is 2.09 bits per heavy atom. The SMILES string of the molecule is CC/C=C/c1ncc(F)cn1. The van der Waals surface area contributed by atoms with Gasteiger partial charge < -0.3 is 0 Å². The van der Waals surface area contributed by atoms with Crippen LogP contribution in [0.1, 0.15) is 19.2 Å². The third-order valence-corrected chi connectivity index (χ3v) is 1.14. The van der Waals surface area contributed by atoms with E-state index in [1.54, 1.807) is 6.08 Å². The van der Waals surface area contributed by atoms with E-state index in [1.165, 1.54) is 0 Å². The zero-order valence-corrected chi connectivity index (χ0v) is 6.29. The van der Waals surface area contributed by atoms with Crippen molar-refractivity contribution in [1.29, 1.82) is 0 Å². The van der Waals surface area contributed by atoms with Crippen molar-refractivity contribution in [3.63, 3.8) is 0 Å². The van der Waals surface area contributed by atoms with Gasteiger partial charge in [-0.15, -0.1) is 0 Å². The lowest BCUT2D eigenvalue weighted by Crippen LogP contribution is -1.86. The lowest BCUT2D eigenvalue weighted by molar-refractivity contribution is 0.612. The number of aromatic nitrogens is 2. The van der Waals surface area contributed by atoms with Crippen molar-refractivity contribution in [2.45, 2.75) is 13.3 Å². The van der Waals surface area contributed by atoms with E-state index in [2.05, 4.69) is 9.97 Å². The minimum absolute atomic E-state index is 0.404. The molecule has 58 valence electrons. The molecule has 0 atom stereocenters. The molecular formula is C8H9FN2. The van der Waals surface area contributed by atoms with Gasteiger partial charge in [0.15, 0.2) is 11.6 Å². The highest BCUT2D eigenvalue weighted by atomic mass is 19.1. The van der Waals surface area contributed by atoms with Gasteiger partial charge in [-0.05, 0) is 12.5 Å². The maximum atomic E-state index is 12.3. The van der Waals surface area contributed by atoms with Gasteiger partial charge in [0, 0.05) is 0 Å². The Kier molecular flexibility index (Phi) is 2.72. The summed E-state index contributed by atoms with van der Waals surface area (Å²) in [7, 11) is 0. The largest absolute Gasteiger partial charge is 0.234 e. The van der Waals surface area contributed by atoms with Crippen LogP contribution in [0.15, 0.2) is 18.5 Å². The first-order valence-corrected chi connectivity index (χ1v) is 3.47. The molecule has 0 saturated heterocycles. The fourth-order valence-electron chi connectivity index (χ4n) is 0.632. The van der Waals surface area contributed by atoms with E-state index in [9.17, 15) is 4.39 Å². The first-order valence-electron chi connectivity index (χ1n) is 3.47. The van der Waals surface area contributed by atoms with Gasteiger partial charge in [0.05, 0.1) is 12.4 Å². The molecule has 0 aromatic carbocycles. The van der Waals surface area contributed by atoms with Crippen LogP contribution in [0.25, 0.3) is 6.08 Å². The molecule has 0 aliphatic heterocycles. The third kappa shape index (κ3) is 2.45. The fourth-order valence-corrected chi connectivity index (χ4v) is 0.632. The maximum Gasteiger partial charge on any atom is 0.159 e. The number of hydrogen-bond donors (Lipinski definition) is 0. The molecule has 1 rings (SSSR count). The molecule has 1 aromatic rings. The van der Waals surface area contributed by atoms with E-state index in [0.717, 1.165) is 18.8 Å². The van der Waals surface area contributed by atoms with Gasteiger partial charge in [-0.1, -0.05) is 13.0 Å². The van der Waals surface area contributed by atoms with Crippen molar-refractivity contribution in [3.8, 4) is 0 Å². The normalized spacial score (nSPS) is 10.7. The van der Waals surface area contributed by atoms with Crippen LogP contribution in [0.5, 0.6) is 0 Å². The average Bonchev–Trinajstić information content (AvgIpc) is 2.04. The summed E-state index contributed by atoms with van der Waals surface area (Å²) in [5.41, 5.74) is 0. The Morgan fingerprint density at radius 1 is 1.45 bits per heavy atom. The van der Waals surface area contributed by atoms with Crippen LogP contribution in [-0.4, -0.2) is 9.97 Å². The first kappa shape index (κ1) is 7.85. The van der Waals surface area contributed by atoms with Gasteiger partial charge in [-0.25, -0.2) is 14.4 Å². The maximum absolute atomic E-state index is 12.3. The van der Waals surface area contributed by atoms with Crippen molar-refractivity contribution in [2.24, 2.45) is 0 Å². The molecule has 0 saturated carbocycles. The molecule has 0 radical (unpaired) electrons. The summed E-state index contributed by atoms with van der Waals surface area (Å²) in [5, 5.41) is 0. The molecule has 0 amide bonds. The van der Waals surface area contributed by atoms with Crippen LogP contribution >= 0.6 is 0 Å². The summed E-state index contributed by atoms with van der Waals surface area (Å²) < 4.78 is 12.3. The second kappa shape index (κ2) is 3.81. The quantitative estimate of drug-likeness (QED) is 0.648. The smallest absolute Gasteiger partial charge is 0.159 e. The van der Waals surface area contributed by atoms with Crippen LogP contribution in [-0.2, 0) is 0 Å². The van der Waals surface area contributed by atoms with Gasteiger partial charge >= 0.3 is 0 Å². The third-order valence-electron chi connectivity index (χ3n) is 1.14. The predicted molar refractivity (Wildman–Crippen MR) is 41.3 cm³/mol. The van der Waals surface area contributed by atoms with Gasteiger partial charge in [-0.2, -0.15) is 0 Å². The molecule has 0 aliphatic rings. The summed E-state index contributed by atoms with van der Waals surface area (Å²) in [5.74, 6) is 0.145. The standard InChI is InChI=1S/C8H9FN2/c1-2-3-4-8-10-5-7(9)6-11-8/h3-6H,2H2,1H3/b4-3+. The van der Waals surface area contributed by atoms with Gasteiger partial charge in [-0.3, -0.25) is 0 Å². The molecule has 0 spiro atoms. The monoisotopic (exact) mass is 152 g/mol. The second-order valence-electron chi connectivity index (χ2n) is 2.07. The second-order valence-corrected chi connectivity index (χ2v) is 2.07. The summed E-state index contributed by atoms with van der Waals surface area (Å²) >= 11 is 0. The lowest BCUT2D eigenvalue weighted by atomic mass is 10.4. The molecule has 0 fully saturated rings. The van der Waals surface area contributed by atoms with Crippen molar-refractivity contribution >= 4 is 6.08 Å². The summed E-state index contributed by atoms with van der Waals surface area (Å²) in [6.07, 6.45) is 6.93. The van der Waals surface area contributed by atoms with Gasteiger partial charge in [0.2, 0.25) is 0 Å². The molecule has 1 aromatic heterocycles. The van der Waals surface area contributed by atoms with Crippen molar-refractivity contribution in [1.82, 2.24) is 9.97 Å². The highest BCUT2D eigenvalue weighted by molar-refractivity contribution is 5.38. The van der Waals surface area contributed by atoms with E-state index in [1.807, 2.05) is 13.0 Å². The highest BCUT2D eigenvalue weighted by Gasteiger charge is 1.89. The summed E-state index contributed by atoms with van der Waals surface area (Å²) in [4.78, 5) is 7.49. The van der Waals surface area contributed by atoms with Crippen molar-refractivity contribution in [3.05, 3.63) is 30.1 Å². The summed E-state index contributed by atoms with van der Waals surface area (Å²) in [6.45, 7) is 2.01. The molecular weight excluding hydrogens is 143 g/mol. The fraction of sp³-hybridized carbons (Fsp3) is 0.250. The number of allylic oxidation sites excluding steroid dienone is 1. The zero-order valence-electron chi connectivity index (χ0n) is 6.29. The topological polar surface area (TPSA) is 25.8 Å². The number of nitrogens with zero attached hydrogens (tertiary/aromatic N) is 2. The van der Waals surface area contributed by atoms with E-state index >= 15 is 0 Å². The minimum Gasteiger partial charge on any atom is -0.234 e. The van der Waals surface area contributed by atoms with Crippen LogP contribution in [0, 0.1) is 5.82 Å². The number of halogens is 1. The molecule has 3 heteroatoms. The van der Waals surface area contributed by atoms with Crippen molar-refractivity contribution < 1.29 is 4.39 Å². The Morgan fingerprint density at radius 3 is 2.64 bits per heavy atom. The van der Waals surface area contributed by atoms with Crippen LogP contribution in [0.2, 0.25) is 0 Å². The molecule has 2 nitrogen and oxygen atoms in total. The van der Waals surface area contributed by atoms with Crippen molar-refractivity contribution in [2.75, 3.05) is 0 Å². The number of hydrogen-bond acceptors (Lipinski definition) is 2. The Balaban J connectivity index is 2.73. The summed E-state index contributed by atoms with van der Waals surface area (Å²) in [6, 6.07) is 0. The Bertz CT molecular complexity index is 241. The minimum atomic E-state index is -0.404. The van der Waals surface area contributed by atoms with Crippen LogP contribution in [0.4, 0.5) is 4.39 Å². The number of rotatable bonds is 2. The highest BCUT2D eigenvalue weighted by Crippen LogP contribution is 1.95. The molecule has 11 heavy (non-hydrogen) atoms. The molecule has 1 heterocycles. The van der Waals surface area contributed by atoms with Gasteiger partial charge in [0.1, 0.15) is 0 Å². The predicted octanol–water partition coefficient (Wildman–Crippen LogP) is 2.04. The lowest BCUT2D eigenvalue weighted by Gasteiger charge is -1.89. The molecule has 0 aliphatic carbocycles. The van der Waals surface area contributed by atoms with Gasteiger partial charge in [0.25, 0.3) is 0 Å². The molecule has 0 bridgehead atoms. The van der Waals surface area contributed by atoms with Crippen LogP contribution in [0.3, 0.4) is 0 Å².